The molecule has 1 aliphatic rings. The Morgan fingerprint density at radius 2 is 2.06 bits per heavy atom. The molecule has 0 saturated heterocycles. The smallest absolute Gasteiger partial charge is 0.325 e. The molecule has 92 valence electrons. The molecule has 0 aliphatic heterocycles. The monoisotopic (exact) mass is 229 g/mol. The standard InChI is InChI=1S/C10H19N3O3/c1-7(9(14)15)13-10(16)12-6-2-5-11-8-3-4-8/h7-8,11H,2-6H2,1H3,(H,14,15)(H2,12,13,16)/t7-/m1/s1. The number of amides is 2. The zero-order valence-corrected chi connectivity index (χ0v) is 9.45. The highest BCUT2D eigenvalue weighted by atomic mass is 16.4. The molecule has 0 aromatic heterocycles. The predicted octanol–water partition coefficient (Wildman–Crippen LogP) is -0.0992. The maximum Gasteiger partial charge on any atom is 0.325 e. The van der Waals surface area contributed by atoms with Crippen LogP contribution in [0.5, 0.6) is 0 Å². The second-order valence-corrected chi connectivity index (χ2v) is 4.04. The Hall–Kier alpha value is -1.30. The van der Waals surface area contributed by atoms with E-state index in [-0.39, 0.29) is 0 Å². The number of carboxylic acids is 1. The molecule has 0 bridgehead atoms. The van der Waals surface area contributed by atoms with Gasteiger partial charge in [0, 0.05) is 12.6 Å². The van der Waals surface area contributed by atoms with E-state index >= 15 is 0 Å². The number of carbonyl (C=O) groups excluding carboxylic acids is 1. The molecule has 0 aromatic rings. The van der Waals surface area contributed by atoms with Crippen LogP contribution in [0.15, 0.2) is 0 Å². The van der Waals surface area contributed by atoms with E-state index in [9.17, 15) is 9.59 Å². The third kappa shape index (κ3) is 5.55. The van der Waals surface area contributed by atoms with Gasteiger partial charge in [-0.2, -0.15) is 0 Å². The van der Waals surface area contributed by atoms with Crippen molar-refractivity contribution in [3.8, 4) is 0 Å². The van der Waals surface area contributed by atoms with E-state index in [0.29, 0.717) is 12.6 Å². The van der Waals surface area contributed by atoms with Gasteiger partial charge in [-0.25, -0.2) is 4.79 Å². The number of carboxylic acid groups (broad SMARTS) is 1. The first-order valence-electron chi connectivity index (χ1n) is 5.60. The normalized spacial score (nSPS) is 16.6. The number of nitrogens with one attached hydrogen (secondary N) is 3. The van der Waals surface area contributed by atoms with Crippen molar-refractivity contribution in [1.82, 2.24) is 16.0 Å². The Morgan fingerprint density at radius 3 is 2.62 bits per heavy atom. The summed E-state index contributed by atoms with van der Waals surface area (Å²) in [6, 6.07) is -0.605. The van der Waals surface area contributed by atoms with E-state index in [1.807, 2.05) is 0 Å². The highest BCUT2D eigenvalue weighted by Crippen LogP contribution is 2.18. The average molecular weight is 229 g/mol. The molecule has 6 heteroatoms. The molecular formula is C10H19N3O3. The lowest BCUT2D eigenvalue weighted by Crippen LogP contribution is -2.44. The van der Waals surface area contributed by atoms with Gasteiger partial charge in [0.05, 0.1) is 0 Å². The minimum Gasteiger partial charge on any atom is -0.480 e. The number of carbonyl (C=O) groups is 2. The van der Waals surface area contributed by atoms with Crippen LogP contribution in [0.2, 0.25) is 0 Å². The van der Waals surface area contributed by atoms with Crippen molar-refractivity contribution in [2.75, 3.05) is 13.1 Å². The van der Waals surface area contributed by atoms with Crippen LogP contribution in [0, 0.1) is 0 Å². The Balaban J connectivity index is 1.94. The summed E-state index contributed by atoms with van der Waals surface area (Å²) in [6.07, 6.45) is 3.36. The maximum atomic E-state index is 11.2. The van der Waals surface area contributed by atoms with Gasteiger partial charge in [-0.1, -0.05) is 0 Å². The van der Waals surface area contributed by atoms with Crippen LogP contribution in [-0.2, 0) is 4.79 Å². The quantitative estimate of drug-likeness (QED) is 0.459. The molecule has 6 nitrogen and oxygen atoms in total. The van der Waals surface area contributed by atoms with Crippen molar-refractivity contribution < 1.29 is 14.7 Å². The van der Waals surface area contributed by atoms with Gasteiger partial charge in [0.25, 0.3) is 0 Å². The summed E-state index contributed by atoms with van der Waals surface area (Å²) in [4.78, 5) is 21.6. The predicted molar refractivity (Wildman–Crippen MR) is 59.3 cm³/mol. The van der Waals surface area contributed by atoms with Crippen LogP contribution in [0.1, 0.15) is 26.2 Å². The Kier molecular flexibility index (Phi) is 5.04. The van der Waals surface area contributed by atoms with Gasteiger partial charge in [-0.15, -0.1) is 0 Å². The van der Waals surface area contributed by atoms with Crippen molar-refractivity contribution in [3.05, 3.63) is 0 Å². The number of aliphatic carboxylic acids is 1. The van der Waals surface area contributed by atoms with Crippen LogP contribution < -0.4 is 16.0 Å². The van der Waals surface area contributed by atoms with E-state index in [4.69, 9.17) is 5.11 Å². The summed E-state index contributed by atoms with van der Waals surface area (Å²) < 4.78 is 0. The van der Waals surface area contributed by atoms with Crippen LogP contribution in [0.4, 0.5) is 4.79 Å². The Morgan fingerprint density at radius 1 is 1.38 bits per heavy atom. The van der Waals surface area contributed by atoms with Crippen LogP contribution in [0.3, 0.4) is 0 Å². The van der Waals surface area contributed by atoms with Crippen LogP contribution in [-0.4, -0.2) is 42.3 Å². The van der Waals surface area contributed by atoms with E-state index in [2.05, 4.69) is 16.0 Å². The topological polar surface area (TPSA) is 90.5 Å². The van der Waals surface area contributed by atoms with Crippen LogP contribution >= 0.6 is 0 Å². The number of urea groups is 1. The molecule has 2 amide bonds. The van der Waals surface area contributed by atoms with Crippen molar-refractivity contribution in [1.29, 1.82) is 0 Å². The van der Waals surface area contributed by atoms with E-state index < -0.39 is 18.0 Å². The summed E-state index contributed by atoms with van der Waals surface area (Å²) in [7, 11) is 0. The van der Waals surface area contributed by atoms with Crippen LogP contribution in [0.25, 0.3) is 0 Å². The summed E-state index contributed by atoms with van der Waals surface area (Å²) in [5.41, 5.74) is 0. The molecule has 1 rings (SSSR count). The van der Waals surface area contributed by atoms with Crippen molar-refractivity contribution >= 4 is 12.0 Å². The molecule has 0 radical (unpaired) electrons. The lowest BCUT2D eigenvalue weighted by atomic mass is 10.3. The molecule has 1 saturated carbocycles. The van der Waals surface area contributed by atoms with E-state index in [0.717, 1.165) is 13.0 Å². The summed E-state index contributed by atoms with van der Waals surface area (Å²) in [5.74, 6) is -1.04. The Bertz CT molecular complexity index is 254. The minimum atomic E-state index is -1.04. The average Bonchev–Trinajstić information content (AvgIpc) is 3.00. The van der Waals surface area contributed by atoms with Gasteiger partial charge in [0.15, 0.2) is 0 Å². The van der Waals surface area contributed by atoms with E-state index in [1.165, 1.54) is 19.8 Å². The third-order valence-electron chi connectivity index (χ3n) is 2.37. The first-order chi connectivity index (χ1) is 7.59. The maximum absolute atomic E-state index is 11.2. The second-order valence-electron chi connectivity index (χ2n) is 4.04. The van der Waals surface area contributed by atoms with E-state index in [1.54, 1.807) is 0 Å². The molecule has 1 atom stereocenters. The zero-order chi connectivity index (χ0) is 12.0. The molecule has 0 unspecified atom stereocenters. The van der Waals surface area contributed by atoms with Gasteiger partial charge < -0.3 is 21.1 Å². The molecule has 16 heavy (non-hydrogen) atoms. The molecule has 1 aliphatic carbocycles. The zero-order valence-electron chi connectivity index (χ0n) is 9.45. The minimum absolute atomic E-state index is 0.429. The fourth-order valence-electron chi connectivity index (χ4n) is 1.19. The first kappa shape index (κ1) is 12.8. The van der Waals surface area contributed by atoms with Gasteiger partial charge in [0.2, 0.25) is 0 Å². The highest BCUT2D eigenvalue weighted by Gasteiger charge is 2.19. The SMILES string of the molecule is C[C@@H](NC(=O)NCCCNC1CC1)C(=O)O. The fraction of sp³-hybridized carbons (Fsp3) is 0.800. The van der Waals surface area contributed by atoms with Crippen molar-refractivity contribution in [2.24, 2.45) is 0 Å². The summed E-state index contributed by atoms with van der Waals surface area (Å²) in [6.45, 7) is 2.87. The summed E-state index contributed by atoms with van der Waals surface area (Å²) in [5, 5.41) is 16.8. The molecule has 0 spiro atoms. The van der Waals surface area contributed by atoms with Crippen molar-refractivity contribution in [2.45, 2.75) is 38.3 Å². The van der Waals surface area contributed by atoms with Crippen molar-refractivity contribution in [3.63, 3.8) is 0 Å². The fourth-order valence-corrected chi connectivity index (χ4v) is 1.19. The first-order valence-corrected chi connectivity index (χ1v) is 5.60. The molecule has 0 aromatic carbocycles. The lowest BCUT2D eigenvalue weighted by Gasteiger charge is -2.10. The summed E-state index contributed by atoms with van der Waals surface area (Å²) >= 11 is 0. The largest absolute Gasteiger partial charge is 0.480 e. The highest BCUT2D eigenvalue weighted by molar-refractivity contribution is 5.82. The number of rotatable bonds is 7. The second kappa shape index (κ2) is 6.32. The number of hydrogen-bond donors (Lipinski definition) is 4. The molecule has 1 fully saturated rings. The molecular weight excluding hydrogens is 210 g/mol. The molecule has 0 heterocycles. The van der Waals surface area contributed by atoms with Gasteiger partial charge in [0.1, 0.15) is 6.04 Å². The van der Waals surface area contributed by atoms with Gasteiger partial charge in [-0.05, 0) is 32.7 Å². The number of hydrogen-bond acceptors (Lipinski definition) is 3. The molecule has 4 N–H and O–H groups in total. The van der Waals surface area contributed by atoms with Gasteiger partial charge in [-0.3, -0.25) is 4.79 Å². The lowest BCUT2D eigenvalue weighted by molar-refractivity contribution is -0.138. The Labute approximate surface area is 94.8 Å². The third-order valence-corrected chi connectivity index (χ3v) is 2.37. The van der Waals surface area contributed by atoms with Gasteiger partial charge >= 0.3 is 12.0 Å².